The third-order valence-electron chi connectivity index (χ3n) is 3.16. The second-order valence-electron chi connectivity index (χ2n) is 4.47. The minimum atomic E-state index is 0.262. The molecule has 0 saturated heterocycles. The van der Waals surface area contributed by atoms with Crippen LogP contribution in [-0.4, -0.2) is 13.9 Å². The van der Waals surface area contributed by atoms with Crippen LogP contribution in [0.4, 0.5) is 5.69 Å². The zero-order valence-corrected chi connectivity index (χ0v) is 13.6. The largest absolute Gasteiger partial charge is 0.493 e. The first-order chi connectivity index (χ1) is 10.2. The molecular formula is C15H13BrClNO3. The van der Waals surface area contributed by atoms with E-state index in [1.165, 1.54) is 0 Å². The van der Waals surface area contributed by atoms with Crippen LogP contribution in [0.5, 0.6) is 17.2 Å². The Labute approximate surface area is 136 Å². The number of hydrogen-bond acceptors (Lipinski definition) is 4. The molecule has 3 rings (SSSR count). The number of fused-ring (bicyclic) bond motifs is 1. The Balaban J connectivity index is 1.84. The summed E-state index contributed by atoms with van der Waals surface area (Å²) in [5, 5.41) is 3.94. The molecule has 1 aliphatic heterocycles. The van der Waals surface area contributed by atoms with Crippen molar-refractivity contribution in [3.8, 4) is 17.2 Å². The van der Waals surface area contributed by atoms with Crippen molar-refractivity contribution in [2.45, 2.75) is 6.54 Å². The summed E-state index contributed by atoms with van der Waals surface area (Å²) >= 11 is 9.52. The van der Waals surface area contributed by atoms with Crippen molar-refractivity contribution in [1.82, 2.24) is 0 Å². The number of rotatable bonds is 4. The van der Waals surface area contributed by atoms with E-state index in [-0.39, 0.29) is 6.79 Å². The maximum absolute atomic E-state index is 6.08. The van der Waals surface area contributed by atoms with Gasteiger partial charge in [-0.25, -0.2) is 0 Å². The van der Waals surface area contributed by atoms with Crippen LogP contribution in [0.15, 0.2) is 34.8 Å². The Morgan fingerprint density at radius 3 is 3.00 bits per heavy atom. The molecule has 1 aliphatic rings. The molecule has 2 aromatic rings. The van der Waals surface area contributed by atoms with Gasteiger partial charge in [0.25, 0.3) is 0 Å². The maximum atomic E-state index is 6.08. The predicted molar refractivity (Wildman–Crippen MR) is 85.6 cm³/mol. The van der Waals surface area contributed by atoms with Crippen molar-refractivity contribution >= 4 is 33.2 Å². The van der Waals surface area contributed by atoms with E-state index in [1.54, 1.807) is 13.2 Å². The molecule has 0 atom stereocenters. The fourth-order valence-electron chi connectivity index (χ4n) is 2.22. The van der Waals surface area contributed by atoms with Crippen LogP contribution in [0.1, 0.15) is 5.56 Å². The molecule has 0 saturated carbocycles. The third-order valence-corrected chi connectivity index (χ3v) is 3.97. The van der Waals surface area contributed by atoms with Gasteiger partial charge in [0.15, 0.2) is 17.2 Å². The van der Waals surface area contributed by atoms with Gasteiger partial charge in [-0.2, -0.15) is 0 Å². The standard InChI is InChI=1S/C15H13BrClNO3/c1-19-15-11(16)5-10(17)6-12(15)18-7-9-3-2-4-13-14(9)21-8-20-13/h2-6,18H,7-8H2,1H3. The summed E-state index contributed by atoms with van der Waals surface area (Å²) in [6.45, 7) is 0.841. The summed E-state index contributed by atoms with van der Waals surface area (Å²) in [5.41, 5.74) is 1.83. The van der Waals surface area contributed by atoms with E-state index >= 15 is 0 Å². The van der Waals surface area contributed by atoms with Gasteiger partial charge in [0.2, 0.25) is 6.79 Å². The zero-order chi connectivity index (χ0) is 14.8. The van der Waals surface area contributed by atoms with Crippen LogP contribution >= 0.6 is 27.5 Å². The Bertz CT molecular complexity index is 678. The highest BCUT2D eigenvalue weighted by Crippen LogP contribution is 2.38. The number of benzene rings is 2. The van der Waals surface area contributed by atoms with Crippen molar-refractivity contribution in [2.24, 2.45) is 0 Å². The minimum absolute atomic E-state index is 0.262. The number of halogens is 2. The summed E-state index contributed by atoms with van der Waals surface area (Å²) in [6, 6.07) is 9.44. The van der Waals surface area contributed by atoms with Gasteiger partial charge in [-0.15, -0.1) is 0 Å². The average molecular weight is 371 g/mol. The molecule has 0 amide bonds. The van der Waals surface area contributed by atoms with E-state index < -0.39 is 0 Å². The number of hydrogen-bond donors (Lipinski definition) is 1. The third kappa shape index (κ3) is 2.89. The molecule has 6 heteroatoms. The van der Waals surface area contributed by atoms with Crippen molar-refractivity contribution in [2.75, 3.05) is 19.2 Å². The smallest absolute Gasteiger partial charge is 0.231 e. The topological polar surface area (TPSA) is 39.7 Å². The summed E-state index contributed by atoms with van der Waals surface area (Å²) in [7, 11) is 1.62. The fraction of sp³-hybridized carbons (Fsp3) is 0.200. The summed E-state index contributed by atoms with van der Waals surface area (Å²) in [5.74, 6) is 2.27. The van der Waals surface area contributed by atoms with Gasteiger partial charge in [0, 0.05) is 17.1 Å². The van der Waals surface area contributed by atoms with Crippen LogP contribution in [-0.2, 0) is 6.54 Å². The normalized spacial score (nSPS) is 12.3. The molecule has 0 spiro atoms. The molecule has 0 fully saturated rings. The summed E-state index contributed by atoms with van der Waals surface area (Å²) < 4.78 is 17.1. The zero-order valence-electron chi connectivity index (χ0n) is 11.3. The highest BCUT2D eigenvalue weighted by atomic mass is 79.9. The highest BCUT2D eigenvalue weighted by Gasteiger charge is 2.17. The quantitative estimate of drug-likeness (QED) is 0.863. The lowest BCUT2D eigenvalue weighted by Gasteiger charge is -2.14. The Kier molecular flexibility index (Phi) is 4.12. The van der Waals surface area contributed by atoms with Gasteiger partial charge < -0.3 is 19.5 Å². The van der Waals surface area contributed by atoms with Crippen LogP contribution in [0.3, 0.4) is 0 Å². The Morgan fingerprint density at radius 1 is 1.33 bits per heavy atom. The molecular weight excluding hydrogens is 358 g/mol. The molecule has 2 aromatic carbocycles. The van der Waals surface area contributed by atoms with Gasteiger partial charge >= 0.3 is 0 Å². The Hall–Kier alpha value is -1.59. The van der Waals surface area contributed by atoms with Gasteiger partial charge in [0.1, 0.15) is 0 Å². The first kappa shape index (κ1) is 14.4. The Morgan fingerprint density at radius 2 is 2.19 bits per heavy atom. The summed E-state index contributed by atoms with van der Waals surface area (Å²) in [4.78, 5) is 0. The molecule has 0 aromatic heterocycles. The highest BCUT2D eigenvalue weighted by molar-refractivity contribution is 9.10. The van der Waals surface area contributed by atoms with E-state index in [2.05, 4.69) is 21.2 Å². The molecule has 0 aliphatic carbocycles. The van der Waals surface area contributed by atoms with Crippen molar-refractivity contribution in [3.05, 3.63) is 45.4 Å². The first-order valence-corrected chi connectivity index (χ1v) is 7.50. The molecule has 0 radical (unpaired) electrons. The first-order valence-electron chi connectivity index (χ1n) is 6.33. The number of anilines is 1. The van der Waals surface area contributed by atoms with Crippen molar-refractivity contribution in [1.29, 1.82) is 0 Å². The second kappa shape index (κ2) is 6.03. The molecule has 0 unspecified atom stereocenters. The van der Waals surface area contributed by atoms with E-state index in [1.807, 2.05) is 24.3 Å². The molecule has 1 heterocycles. The second-order valence-corrected chi connectivity index (χ2v) is 5.76. The lowest BCUT2D eigenvalue weighted by atomic mass is 10.2. The van der Waals surface area contributed by atoms with Crippen molar-refractivity contribution in [3.63, 3.8) is 0 Å². The van der Waals surface area contributed by atoms with Crippen LogP contribution in [0, 0.1) is 0 Å². The monoisotopic (exact) mass is 369 g/mol. The van der Waals surface area contributed by atoms with Crippen LogP contribution in [0.2, 0.25) is 5.02 Å². The average Bonchev–Trinajstić information content (AvgIpc) is 2.93. The van der Waals surface area contributed by atoms with Gasteiger partial charge in [-0.3, -0.25) is 0 Å². The van der Waals surface area contributed by atoms with Gasteiger partial charge in [-0.1, -0.05) is 23.7 Å². The van der Waals surface area contributed by atoms with Crippen molar-refractivity contribution < 1.29 is 14.2 Å². The number of ether oxygens (including phenoxy) is 3. The van der Waals surface area contributed by atoms with Crippen LogP contribution < -0.4 is 19.5 Å². The SMILES string of the molecule is COc1c(Br)cc(Cl)cc1NCc1cccc2c1OCO2. The maximum Gasteiger partial charge on any atom is 0.231 e. The predicted octanol–water partition coefficient (Wildman–Crippen LogP) is 4.45. The van der Waals surface area contributed by atoms with Gasteiger partial charge in [-0.05, 0) is 34.1 Å². The molecule has 21 heavy (non-hydrogen) atoms. The van der Waals surface area contributed by atoms with E-state index in [0.29, 0.717) is 17.3 Å². The molecule has 0 bridgehead atoms. The molecule has 110 valence electrons. The molecule has 1 N–H and O–H groups in total. The number of methoxy groups -OCH3 is 1. The van der Waals surface area contributed by atoms with Crippen LogP contribution in [0.25, 0.3) is 0 Å². The number of nitrogens with one attached hydrogen (secondary N) is 1. The lowest BCUT2D eigenvalue weighted by Crippen LogP contribution is -2.03. The van der Waals surface area contributed by atoms with E-state index in [9.17, 15) is 0 Å². The molecule has 4 nitrogen and oxygen atoms in total. The van der Waals surface area contributed by atoms with Gasteiger partial charge in [0.05, 0.1) is 17.3 Å². The number of para-hydroxylation sites is 1. The minimum Gasteiger partial charge on any atom is -0.493 e. The summed E-state index contributed by atoms with van der Waals surface area (Å²) in [6.07, 6.45) is 0. The van der Waals surface area contributed by atoms with E-state index in [0.717, 1.165) is 27.2 Å². The lowest BCUT2D eigenvalue weighted by molar-refractivity contribution is 0.173. The van der Waals surface area contributed by atoms with E-state index in [4.69, 9.17) is 25.8 Å². The fourth-order valence-corrected chi connectivity index (χ4v) is 3.19.